The van der Waals surface area contributed by atoms with Crippen LogP contribution in [0.15, 0.2) is 71.5 Å². The third-order valence-corrected chi connectivity index (χ3v) is 11.9. The van der Waals surface area contributed by atoms with Gasteiger partial charge in [-0.15, -0.1) is 0 Å². The minimum absolute atomic E-state index is 0.0600. The number of nitrogens with zero attached hydrogens (tertiary/aromatic N) is 8. The summed E-state index contributed by atoms with van der Waals surface area (Å²) in [6.07, 6.45) is 5.23. The summed E-state index contributed by atoms with van der Waals surface area (Å²) in [5, 5.41) is 6.75. The highest BCUT2D eigenvalue weighted by atomic mass is 79.9. The molecule has 16 heteroatoms. The maximum Gasteiger partial charge on any atom is 0.263 e. The van der Waals surface area contributed by atoms with E-state index in [2.05, 4.69) is 36.1 Å². The number of fused-ring (bicyclic) bond motifs is 2. The van der Waals surface area contributed by atoms with Gasteiger partial charge < -0.3 is 9.80 Å². The van der Waals surface area contributed by atoms with Crippen LogP contribution in [0.4, 0.5) is 20.4 Å². The number of pyridine rings is 1. The lowest BCUT2D eigenvalue weighted by molar-refractivity contribution is -0.136. The predicted octanol–water partition coefficient (Wildman–Crippen LogP) is 4.90. The highest BCUT2D eigenvalue weighted by Gasteiger charge is 2.46. The lowest BCUT2D eigenvalue weighted by Gasteiger charge is -2.35. The van der Waals surface area contributed by atoms with Gasteiger partial charge in [-0.2, -0.15) is 5.10 Å². The summed E-state index contributed by atoms with van der Waals surface area (Å²) in [6, 6.07) is 13.4. The van der Waals surface area contributed by atoms with E-state index in [1.54, 1.807) is 16.8 Å². The van der Waals surface area contributed by atoms with Crippen LogP contribution < -0.4 is 15.1 Å². The molecule has 0 aliphatic carbocycles. The minimum atomic E-state index is -1.02. The van der Waals surface area contributed by atoms with E-state index in [0.29, 0.717) is 59.8 Å². The third-order valence-electron chi connectivity index (χ3n) is 10.9. The molecule has 13 nitrogen and oxygen atoms in total. The Balaban J connectivity index is 0.888. The van der Waals surface area contributed by atoms with Crippen molar-refractivity contribution in [1.29, 1.82) is 0 Å². The van der Waals surface area contributed by atoms with Crippen LogP contribution in [0.2, 0.25) is 0 Å². The summed E-state index contributed by atoms with van der Waals surface area (Å²) in [4.78, 5) is 68.3. The van der Waals surface area contributed by atoms with Gasteiger partial charge in [0, 0.05) is 61.9 Å². The topological polar surface area (TPSA) is 136 Å². The Morgan fingerprint density at radius 2 is 1.67 bits per heavy atom. The molecule has 3 aromatic heterocycles. The number of rotatable bonds is 7. The zero-order valence-corrected chi connectivity index (χ0v) is 31.0. The van der Waals surface area contributed by atoms with Gasteiger partial charge in [0.05, 0.1) is 34.6 Å². The summed E-state index contributed by atoms with van der Waals surface area (Å²) in [6.45, 7) is 4.03. The van der Waals surface area contributed by atoms with Crippen molar-refractivity contribution in [3.05, 3.63) is 105 Å². The molecule has 0 spiro atoms. The summed E-state index contributed by atoms with van der Waals surface area (Å²) in [7, 11) is 0. The lowest BCUT2D eigenvalue weighted by Crippen LogP contribution is -2.54. The van der Waals surface area contributed by atoms with Crippen LogP contribution >= 0.6 is 15.9 Å². The number of carbonyl (C=O) groups excluding carboxylic acids is 4. The smallest absolute Gasteiger partial charge is 0.263 e. The minimum Gasteiger partial charge on any atom is -0.354 e. The molecule has 9 rings (SSSR count). The van der Waals surface area contributed by atoms with Gasteiger partial charge >= 0.3 is 0 Å². The summed E-state index contributed by atoms with van der Waals surface area (Å²) >= 11 is 3.59. The maximum atomic E-state index is 14.8. The Bertz CT molecular complexity index is 2420. The second kappa shape index (κ2) is 13.9. The largest absolute Gasteiger partial charge is 0.354 e. The Kier molecular flexibility index (Phi) is 8.88. The number of nitrogens with one attached hydrogen (secondary N) is 1. The van der Waals surface area contributed by atoms with Crippen LogP contribution in [-0.2, 0) is 16.1 Å². The zero-order valence-electron chi connectivity index (χ0n) is 29.4. The van der Waals surface area contributed by atoms with Crippen LogP contribution in [0.1, 0.15) is 63.6 Å². The first-order valence-electron chi connectivity index (χ1n) is 18.2. The molecule has 1 unspecified atom stereocenters. The molecule has 2 aromatic carbocycles. The zero-order chi connectivity index (χ0) is 38.0. The van der Waals surface area contributed by atoms with Gasteiger partial charge in [0.1, 0.15) is 29.3 Å². The molecule has 4 amide bonds. The maximum absolute atomic E-state index is 14.8. The Morgan fingerprint density at radius 1 is 0.836 bits per heavy atom. The van der Waals surface area contributed by atoms with E-state index in [-0.39, 0.29) is 30.0 Å². The van der Waals surface area contributed by atoms with Gasteiger partial charge in [-0.3, -0.25) is 34.3 Å². The molecule has 3 saturated heterocycles. The number of halogens is 3. The van der Waals surface area contributed by atoms with Gasteiger partial charge in [-0.1, -0.05) is 12.1 Å². The van der Waals surface area contributed by atoms with E-state index in [9.17, 15) is 28.0 Å². The van der Waals surface area contributed by atoms with Crippen molar-refractivity contribution in [3.63, 3.8) is 0 Å². The number of imide groups is 2. The molecule has 4 aliphatic rings. The molecule has 5 aromatic rings. The second-order valence-electron chi connectivity index (χ2n) is 14.2. The fourth-order valence-corrected chi connectivity index (χ4v) is 8.78. The number of hydrogen-bond acceptors (Lipinski definition) is 10. The van der Waals surface area contributed by atoms with Crippen LogP contribution in [-0.4, -0.2) is 91.8 Å². The first-order chi connectivity index (χ1) is 26.6. The van der Waals surface area contributed by atoms with Crippen LogP contribution in [0.25, 0.3) is 16.9 Å². The SMILES string of the molecule is O=C1CCC(N2C(=O)c3ccc(CN4CCN(c5cccc(-c6cnn7ccc(N8CCC[C@@H]8c8cc(F)ccc8F)nc67)n5)CC4)c(Br)c3C2=O)C(=O)N1. The number of anilines is 2. The van der Waals surface area contributed by atoms with Crippen molar-refractivity contribution in [2.75, 3.05) is 42.5 Å². The number of piperazine rings is 1. The molecule has 0 bridgehead atoms. The van der Waals surface area contributed by atoms with Crippen molar-refractivity contribution < 1.29 is 28.0 Å². The molecule has 280 valence electrons. The first kappa shape index (κ1) is 35.1. The Hall–Kier alpha value is -5.61. The summed E-state index contributed by atoms with van der Waals surface area (Å²) in [5.74, 6) is -1.58. The second-order valence-corrected chi connectivity index (χ2v) is 15.0. The molecule has 7 heterocycles. The van der Waals surface area contributed by atoms with E-state index in [1.165, 1.54) is 12.1 Å². The van der Waals surface area contributed by atoms with Gasteiger partial charge in [-0.25, -0.2) is 23.3 Å². The molecular formula is C39H34BrF2N9O4. The Labute approximate surface area is 322 Å². The van der Waals surface area contributed by atoms with E-state index in [0.717, 1.165) is 47.4 Å². The molecule has 0 saturated carbocycles. The van der Waals surface area contributed by atoms with E-state index in [1.807, 2.05) is 41.4 Å². The molecule has 2 atom stereocenters. The molecule has 55 heavy (non-hydrogen) atoms. The van der Waals surface area contributed by atoms with Crippen molar-refractivity contribution in [1.82, 2.24) is 34.7 Å². The van der Waals surface area contributed by atoms with E-state index < -0.39 is 41.3 Å². The number of hydrogen-bond donors (Lipinski definition) is 1. The Morgan fingerprint density at radius 3 is 2.49 bits per heavy atom. The number of carbonyl (C=O) groups is 4. The fourth-order valence-electron chi connectivity index (χ4n) is 8.14. The van der Waals surface area contributed by atoms with Gasteiger partial charge in [0.15, 0.2) is 5.65 Å². The average Bonchev–Trinajstić information content (AvgIpc) is 3.91. The average molecular weight is 811 g/mol. The van der Waals surface area contributed by atoms with Gasteiger partial charge in [0.2, 0.25) is 11.8 Å². The monoisotopic (exact) mass is 809 g/mol. The molecule has 4 aliphatic heterocycles. The fraction of sp³-hybridized carbons (Fsp3) is 0.308. The van der Waals surface area contributed by atoms with Crippen molar-refractivity contribution in [2.45, 2.75) is 44.3 Å². The first-order valence-corrected chi connectivity index (χ1v) is 19.0. The van der Waals surface area contributed by atoms with Crippen LogP contribution in [0.3, 0.4) is 0 Å². The molecule has 0 radical (unpaired) electrons. The summed E-state index contributed by atoms with van der Waals surface area (Å²) < 4.78 is 31.1. The molecule has 3 fully saturated rings. The standard InChI is InChI=1S/C39H34BrF2N9O4/c40-35-22(6-8-24-34(35)39(55)51(38(24)54)30-10-11-33(52)46-37(30)53)21-47-15-17-48(18-16-47)31-5-1-3-28(44-31)26-20-43-50-14-12-32(45-36(26)50)49-13-2-4-29(49)25-19-23(41)7-9-27(25)42/h1,3,5-9,12,14,19-20,29-30H,2,4,10-11,13,15-18,21H2,(H,46,52,53)/t29-,30?/m1/s1. The summed E-state index contributed by atoms with van der Waals surface area (Å²) in [5.41, 5.74) is 3.71. The number of amides is 4. The van der Waals surface area contributed by atoms with Gasteiger partial charge in [0.25, 0.3) is 11.8 Å². The quantitative estimate of drug-likeness (QED) is 0.226. The predicted molar refractivity (Wildman–Crippen MR) is 200 cm³/mol. The molecular weight excluding hydrogens is 776 g/mol. The van der Waals surface area contributed by atoms with E-state index >= 15 is 0 Å². The highest BCUT2D eigenvalue weighted by molar-refractivity contribution is 9.10. The normalized spacial score (nSPS) is 20.5. The van der Waals surface area contributed by atoms with Crippen LogP contribution in [0.5, 0.6) is 0 Å². The third kappa shape index (κ3) is 6.22. The molecule has 1 N–H and O–H groups in total. The lowest BCUT2D eigenvalue weighted by atomic mass is 10.0. The van der Waals surface area contributed by atoms with Crippen molar-refractivity contribution in [3.8, 4) is 11.3 Å². The van der Waals surface area contributed by atoms with Crippen molar-refractivity contribution >= 4 is 56.8 Å². The number of piperidine rings is 1. The van der Waals surface area contributed by atoms with Crippen molar-refractivity contribution in [2.24, 2.45) is 0 Å². The number of benzene rings is 2. The highest BCUT2D eigenvalue weighted by Crippen LogP contribution is 2.38. The van der Waals surface area contributed by atoms with Gasteiger partial charge in [-0.05, 0) is 83.2 Å². The number of aromatic nitrogens is 4. The van der Waals surface area contributed by atoms with Crippen LogP contribution in [0, 0.1) is 11.6 Å². The van der Waals surface area contributed by atoms with E-state index in [4.69, 9.17) is 9.97 Å².